The van der Waals surface area contributed by atoms with Crippen molar-refractivity contribution < 1.29 is 14.3 Å². The fraction of sp³-hybridized carbons (Fsp3) is 0.188. The van der Waals surface area contributed by atoms with Crippen molar-refractivity contribution in [3.05, 3.63) is 48.0 Å². The molecule has 2 rings (SSSR count). The molecule has 1 amide bonds. The maximum atomic E-state index is 12.2. The number of methoxy groups -OCH3 is 2. The number of carbonyl (C=O) groups is 1. The van der Waals surface area contributed by atoms with E-state index >= 15 is 0 Å². The normalized spacial score (nSPS) is 9.86. The molecule has 2 N–H and O–H groups in total. The Balaban J connectivity index is 2.18. The van der Waals surface area contributed by atoms with Gasteiger partial charge < -0.3 is 20.1 Å². The lowest BCUT2D eigenvalue weighted by atomic mass is 10.2. The highest BCUT2D eigenvalue weighted by molar-refractivity contribution is 6.04. The highest BCUT2D eigenvalue weighted by Crippen LogP contribution is 2.26. The molecule has 0 saturated heterocycles. The standard InChI is InChI=1S/C16H18N2O3/c1-17-12-6-4-11(5-7-12)16(19)18-13-8-14(20-2)10-15(9-13)21-3/h4-10,17H,1-3H3,(H,18,19). The Morgan fingerprint density at radius 3 is 1.95 bits per heavy atom. The zero-order valence-electron chi connectivity index (χ0n) is 12.3. The topological polar surface area (TPSA) is 59.6 Å². The summed E-state index contributed by atoms with van der Waals surface area (Å²) in [5, 5.41) is 5.83. The van der Waals surface area contributed by atoms with Crippen molar-refractivity contribution in [3.8, 4) is 11.5 Å². The molecule has 0 heterocycles. The maximum Gasteiger partial charge on any atom is 0.255 e. The first-order valence-corrected chi connectivity index (χ1v) is 6.48. The van der Waals surface area contributed by atoms with E-state index in [4.69, 9.17) is 9.47 Å². The van der Waals surface area contributed by atoms with E-state index in [1.54, 1.807) is 44.6 Å². The molecule has 0 aromatic heterocycles. The molecule has 0 atom stereocenters. The molecule has 2 aromatic rings. The van der Waals surface area contributed by atoms with E-state index in [1.807, 2.05) is 19.2 Å². The van der Waals surface area contributed by atoms with Gasteiger partial charge in [-0.05, 0) is 24.3 Å². The number of benzene rings is 2. The number of ether oxygens (including phenoxy) is 2. The number of nitrogens with one attached hydrogen (secondary N) is 2. The largest absolute Gasteiger partial charge is 0.497 e. The monoisotopic (exact) mass is 286 g/mol. The van der Waals surface area contributed by atoms with Crippen molar-refractivity contribution in [2.45, 2.75) is 0 Å². The van der Waals surface area contributed by atoms with Gasteiger partial charge in [-0.2, -0.15) is 0 Å². The van der Waals surface area contributed by atoms with Gasteiger partial charge in [-0.15, -0.1) is 0 Å². The molecular weight excluding hydrogens is 268 g/mol. The molecule has 110 valence electrons. The van der Waals surface area contributed by atoms with Crippen LogP contribution >= 0.6 is 0 Å². The minimum Gasteiger partial charge on any atom is -0.497 e. The molecule has 0 fully saturated rings. The van der Waals surface area contributed by atoms with Crippen LogP contribution in [0.5, 0.6) is 11.5 Å². The van der Waals surface area contributed by atoms with Crippen molar-refractivity contribution in [3.63, 3.8) is 0 Å². The van der Waals surface area contributed by atoms with Crippen molar-refractivity contribution >= 4 is 17.3 Å². The molecule has 0 bridgehead atoms. The van der Waals surface area contributed by atoms with Crippen LogP contribution < -0.4 is 20.1 Å². The van der Waals surface area contributed by atoms with E-state index in [9.17, 15) is 4.79 Å². The van der Waals surface area contributed by atoms with Crippen LogP contribution in [-0.2, 0) is 0 Å². The third kappa shape index (κ3) is 3.66. The van der Waals surface area contributed by atoms with Crippen LogP contribution in [0.1, 0.15) is 10.4 Å². The summed E-state index contributed by atoms with van der Waals surface area (Å²) in [4.78, 5) is 12.2. The lowest BCUT2D eigenvalue weighted by Gasteiger charge is -2.10. The van der Waals surface area contributed by atoms with Gasteiger partial charge in [0.05, 0.1) is 14.2 Å². The Kier molecular flexibility index (Phi) is 4.66. The van der Waals surface area contributed by atoms with E-state index in [2.05, 4.69) is 10.6 Å². The lowest BCUT2D eigenvalue weighted by molar-refractivity contribution is 0.102. The van der Waals surface area contributed by atoms with Crippen LogP contribution in [0.4, 0.5) is 11.4 Å². The van der Waals surface area contributed by atoms with Gasteiger partial charge in [-0.3, -0.25) is 4.79 Å². The van der Waals surface area contributed by atoms with Crippen LogP contribution in [-0.4, -0.2) is 27.2 Å². The number of hydrogen-bond donors (Lipinski definition) is 2. The molecule has 0 radical (unpaired) electrons. The van der Waals surface area contributed by atoms with Crippen LogP contribution in [0, 0.1) is 0 Å². The van der Waals surface area contributed by atoms with Crippen molar-refractivity contribution in [2.75, 3.05) is 31.9 Å². The summed E-state index contributed by atoms with van der Waals surface area (Å²) in [6.07, 6.45) is 0. The molecule has 0 unspecified atom stereocenters. The first-order chi connectivity index (χ1) is 10.2. The van der Waals surface area contributed by atoms with Gasteiger partial charge in [0, 0.05) is 42.2 Å². The molecule has 0 aliphatic rings. The van der Waals surface area contributed by atoms with Crippen molar-refractivity contribution in [2.24, 2.45) is 0 Å². The predicted molar refractivity (Wildman–Crippen MR) is 83.5 cm³/mol. The summed E-state index contributed by atoms with van der Waals surface area (Å²) in [7, 11) is 4.96. The van der Waals surface area contributed by atoms with Crippen LogP contribution in [0.25, 0.3) is 0 Å². The SMILES string of the molecule is CNc1ccc(C(=O)Nc2cc(OC)cc(OC)c2)cc1. The number of rotatable bonds is 5. The highest BCUT2D eigenvalue weighted by atomic mass is 16.5. The van der Waals surface area contributed by atoms with Gasteiger partial charge in [0.25, 0.3) is 5.91 Å². The predicted octanol–water partition coefficient (Wildman–Crippen LogP) is 3.00. The van der Waals surface area contributed by atoms with Crippen molar-refractivity contribution in [1.29, 1.82) is 0 Å². The van der Waals surface area contributed by atoms with E-state index < -0.39 is 0 Å². The van der Waals surface area contributed by atoms with Gasteiger partial charge in [0.15, 0.2) is 0 Å². The summed E-state index contributed by atoms with van der Waals surface area (Å²) >= 11 is 0. The van der Waals surface area contributed by atoms with Crippen LogP contribution in [0.2, 0.25) is 0 Å². The molecule has 21 heavy (non-hydrogen) atoms. The van der Waals surface area contributed by atoms with Gasteiger partial charge in [-0.1, -0.05) is 0 Å². The Morgan fingerprint density at radius 1 is 0.905 bits per heavy atom. The Bertz CT molecular complexity index is 602. The van der Waals surface area contributed by atoms with E-state index in [-0.39, 0.29) is 5.91 Å². The minimum absolute atomic E-state index is 0.187. The second-order valence-electron chi connectivity index (χ2n) is 4.38. The molecule has 5 nitrogen and oxygen atoms in total. The Morgan fingerprint density at radius 2 is 1.48 bits per heavy atom. The molecule has 2 aromatic carbocycles. The van der Waals surface area contributed by atoms with Gasteiger partial charge >= 0.3 is 0 Å². The second-order valence-corrected chi connectivity index (χ2v) is 4.38. The smallest absolute Gasteiger partial charge is 0.255 e. The number of anilines is 2. The molecule has 0 aliphatic carbocycles. The summed E-state index contributed by atoms with van der Waals surface area (Å²) in [6.45, 7) is 0. The fourth-order valence-corrected chi connectivity index (χ4v) is 1.87. The second kappa shape index (κ2) is 6.65. The maximum absolute atomic E-state index is 12.2. The zero-order valence-corrected chi connectivity index (χ0v) is 12.3. The average molecular weight is 286 g/mol. The number of amides is 1. The Labute approximate surface area is 123 Å². The van der Waals surface area contributed by atoms with E-state index in [0.717, 1.165) is 5.69 Å². The number of hydrogen-bond acceptors (Lipinski definition) is 4. The molecule has 0 spiro atoms. The van der Waals surface area contributed by atoms with Gasteiger partial charge in [0.1, 0.15) is 11.5 Å². The third-order valence-electron chi connectivity index (χ3n) is 3.05. The van der Waals surface area contributed by atoms with Crippen LogP contribution in [0.15, 0.2) is 42.5 Å². The van der Waals surface area contributed by atoms with Crippen molar-refractivity contribution in [1.82, 2.24) is 0 Å². The third-order valence-corrected chi connectivity index (χ3v) is 3.05. The molecule has 0 aliphatic heterocycles. The summed E-state index contributed by atoms with van der Waals surface area (Å²) < 4.78 is 10.4. The van der Waals surface area contributed by atoms with Crippen LogP contribution in [0.3, 0.4) is 0 Å². The van der Waals surface area contributed by atoms with Gasteiger partial charge in [-0.25, -0.2) is 0 Å². The fourth-order valence-electron chi connectivity index (χ4n) is 1.87. The molecule has 5 heteroatoms. The Hall–Kier alpha value is -2.69. The molecule has 0 saturated carbocycles. The number of carbonyl (C=O) groups excluding carboxylic acids is 1. The average Bonchev–Trinajstić information content (AvgIpc) is 2.54. The first kappa shape index (κ1) is 14.7. The lowest BCUT2D eigenvalue weighted by Crippen LogP contribution is -2.12. The summed E-state index contributed by atoms with van der Waals surface area (Å²) in [5.41, 5.74) is 2.15. The van der Waals surface area contributed by atoms with Gasteiger partial charge in [0.2, 0.25) is 0 Å². The summed E-state index contributed by atoms with van der Waals surface area (Å²) in [5.74, 6) is 1.05. The minimum atomic E-state index is -0.187. The van der Waals surface area contributed by atoms with E-state index in [1.165, 1.54) is 0 Å². The first-order valence-electron chi connectivity index (χ1n) is 6.48. The zero-order chi connectivity index (χ0) is 15.2. The molecular formula is C16H18N2O3. The quantitative estimate of drug-likeness (QED) is 0.887. The summed E-state index contributed by atoms with van der Waals surface area (Å²) in [6, 6.07) is 12.4. The highest BCUT2D eigenvalue weighted by Gasteiger charge is 2.08. The van der Waals surface area contributed by atoms with E-state index in [0.29, 0.717) is 22.7 Å².